The fraction of sp³-hybridized carbons (Fsp3) is 0.458. The average Bonchev–Trinajstić information content (AvgIpc) is 3.97. The number of rotatable bonds is 15. The van der Waals surface area contributed by atoms with Crippen molar-refractivity contribution in [1.82, 2.24) is 20.5 Å². The first-order chi connectivity index (χ1) is 32.0. The number of amidine groups is 1. The zero-order chi connectivity index (χ0) is 49.7. The molecule has 3 heterocycles. The Hall–Kier alpha value is -7.06. The maximum absolute atomic E-state index is 14.2. The second-order valence-corrected chi connectivity index (χ2v) is 18.1. The third-order valence-corrected chi connectivity index (χ3v) is 10.6. The van der Waals surface area contributed by atoms with E-state index in [1.54, 1.807) is 48.5 Å². The van der Waals surface area contributed by atoms with E-state index in [2.05, 4.69) is 27.5 Å². The smallest absolute Gasteiger partial charge is 0.496 e. The summed E-state index contributed by atoms with van der Waals surface area (Å²) in [5.74, 6) is -2.83. The summed E-state index contributed by atoms with van der Waals surface area (Å²) in [6, 6.07) is 11.1. The van der Waals surface area contributed by atoms with Crippen molar-refractivity contribution in [2.24, 2.45) is 5.92 Å². The van der Waals surface area contributed by atoms with Gasteiger partial charge in [-0.3, -0.25) is 25.2 Å². The Bertz CT molecular complexity index is 2440. The van der Waals surface area contributed by atoms with Crippen LogP contribution in [-0.4, -0.2) is 121 Å². The molecular weight excluding hydrogens is 885 g/mol. The lowest BCUT2D eigenvalue weighted by atomic mass is 9.94. The van der Waals surface area contributed by atoms with Crippen LogP contribution in [0.4, 0.5) is 20.1 Å². The van der Waals surface area contributed by atoms with Gasteiger partial charge in [-0.05, 0) is 116 Å². The minimum atomic E-state index is -1.44. The second-order valence-electron chi connectivity index (χ2n) is 18.1. The van der Waals surface area contributed by atoms with E-state index in [4.69, 9.17) is 43.3 Å². The van der Waals surface area contributed by atoms with Crippen molar-refractivity contribution >= 4 is 53.7 Å². The van der Waals surface area contributed by atoms with E-state index in [-0.39, 0.29) is 64.1 Å². The lowest BCUT2D eigenvalue weighted by molar-refractivity contribution is -0.162. The van der Waals surface area contributed by atoms with Crippen LogP contribution in [0, 0.1) is 11.3 Å². The molecule has 1 saturated carbocycles. The van der Waals surface area contributed by atoms with Crippen LogP contribution in [0.2, 0.25) is 0 Å². The second kappa shape index (κ2) is 20.8. The molecule has 2 saturated heterocycles. The zero-order valence-corrected chi connectivity index (χ0v) is 39.5. The Labute approximate surface area is 393 Å². The van der Waals surface area contributed by atoms with Crippen molar-refractivity contribution in [3.05, 3.63) is 83.2 Å². The number of amides is 4. The van der Waals surface area contributed by atoms with Crippen LogP contribution in [-0.2, 0) is 33.2 Å². The van der Waals surface area contributed by atoms with Crippen molar-refractivity contribution in [3.63, 3.8) is 0 Å². The van der Waals surface area contributed by atoms with Crippen LogP contribution < -0.4 is 20.7 Å². The SMILES string of the molecule is C=Cc1cc(C(=O)Nc2ccc(C(=N)NC(=O)OC[C@H]3[C@@H]4OC(C)(C)O[C@H]4CN3C(=O)OC(C)(C)C)cc2)c(-c2ccc(C(=O)NCC3CC3)nc2C(=O)O[C@H](C)OC(=O)OC(C)C)cc1OC. The Morgan fingerprint density at radius 3 is 2.29 bits per heavy atom. The first-order valence-corrected chi connectivity index (χ1v) is 22.1. The number of ether oxygens (including phenoxy) is 8. The fourth-order valence-electron chi connectivity index (χ4n) is 7.38. The molecule has 4 atom stereocenters. The van der Waals surface area contributed by atoms with Gasteiger partial charge in [-0.15, -0.1) is 0 Å². The molecule has 0 spiro atoms. The molecule has 364 valence electrons. The summed E-state index contributed by atoms with van der Waals surface area (Å²) >= 11 is 0. The molecule has 3 aliphatic rings. The Morgan fingerprint density at radius 2 is 1.66 bits per heavy atom. The molecule has 0 unspecified atom stereocenters. The first-order valence-electron chi connectivity index (χ1n) is 22.1. The lowest BCUT2D eigenvalue weighted by Gasteiger charge is -2.31. The predicted octanol–water partition coefficient (Wildman–Crippen LogP) is 7.05. The topological polar surface area (TPSA) is 252 Å². The number of likely N-dealkylation sites (tertiary alicyclic amines) is 1. The van der Waals surface area contributed by atoms with E-state index >= 15 is 0 Å². The summed E-state index contributed by atoms with van der Waals surface area (Å²) in [5, 5.41) is 16.6. The summed E-state index contributed by atoms with van der Waals surface area (Å²) in [7, 11) is 1.42. The van der Waals surface area contributed by atoms with Crippen LogP contribution >= 0.6 is 0 Å². The van der Waals surface area contributed by atoms with Crippen LogP contribution in [0.5, 0.6) is 5.75 Å². The van der Waals surface area contributed by atoms with Gasteiger partial charge >= 0.3 is 24.3 Å². The molecule has 1 aromatic heterocycles. The van der Waals surface area contributed by atoms with Crippen LogP contribution in [0.1, 0.15) is 111 Å². The highest BCUT2D eigenvalue weighted by atomic mass is 16.8. The first kappa shape index (κ1) is 50.4. The van der Waals surface area contributed by atoms with Gasteiger partial charge in [-0.1, -0.05) is 12.7 Å². The summed E-state index contributed by atoms with van der Waals surface area (Å²) < 4.78 is 44.2. The molecular formula is C48H58N6O14. The quantitative estimate of drug-likeness (QED) is 0.0392. The number of carbonyl (C=O) groups is 6. The molecule has 68 heavy (non-hydrogen) atoms. The molecule has 3 aromatic rings. The third-order valence-electron chi connectivity index (χ3n) is 10.6. The number of methoxy groups -OCH3 is 1. The summed E-state index contributed by atoms with van der Waals surface area (Å²) in [4.78, 5) is 85.3. The number of hydrogen-bond acceptors (Lipinski definition) is 16. The van der Waals surface area contributed by atoms with Crippen molar-refractivity contribution in [2.75, 3.05) is 32.1 Å². The number of hydrogen-bond donors (Lipinski definition) is 4. The van der Waals surface area contributed by atoms with Crippen molar-refractivity contribution in [1.29, 1.82) is 5.41 Å². The number of fused-ring (bicyclic) bond motifs is 1. The molecule has 6 rings (SSSR count). The molecule has 0 radical (unpaired) electrons. The van der Waals surface area contributed by atoms with Crippen LogP contribution in [0.25, 0.3) is 17.2 Å². The Morgan fingerprint density at radius 1 is 0.956 bits per heavy atom. The standard InChI is InChI=1S/C48H58N6O14/c1-11-28-20-33(32(21-36(28)61-10)31-18-19-34(42(56)50-22-27-12-13-27)52-38(31)43(57)64-26(4)65-46(60)63-25(2)3)41(55)51-30-16-14-29(15-17-30)40(49)53-44(58)62-24-35-39-37(66-48(8,9)67-39)23-54(35)45(59)68-47(5,6)7/h11,14-21,25-27,35,37,39H,1,12-13,22-24H2,2-10H3,(H,50,56)(H,51,55)(H2,49,53,58)/t26-,35-,37-,39-/m0/s1. The predicted molar refractivity (Wildman–Crippen MR) is 245 cm³/mol. The molecule has 20 nitrogen and oxygen atoms in total. The summed E-state index contributed by atoms with van der Waals surface area (Å²) in [6.45, 7) is 17.5. The number of nitrogens with zero attached hydrogens (tertiary/aromatic N) is 2. The van der Waals surface area contributed by atoms with E-state index < -0.39 is 78.2 Å². The van der Waals surface area contributed by atoms with Crippen LogP contribution in [0.15, 0.2) is 55.1 Å². The van der Waals surface area contributed by atoms with Crippen molar-refractivity contribution < 1.29 is 66.7 Å². The highest BCUT2D eigenvalue weighted by Gasteiger charge is 2.55. The van der Waals surface area contributed by atoms with Crippen LogP contribution in [0.3, 0.4) is 0 Å². The van der Waals surface area contributed by atoms with Gasteiger partial charge in [-0.2, -0.15) is 0 Å². The Balaban J connectivity index is 1.19. The van der Waals surface area contributed by atoms with E-state index in [0.717, 1.165) is 12.8 Å². The molecule has 4 N–H and O–H groups in total. The van der Waals surface area contributed by atoms with Gasteiger partial charge in [0.1, 0.15) is 41.7 Å². The monoisotopic (exact) mass is 942 g/mol. The minimum absolute atomic E-state index is 0.0328. The number of benzene rings is 2. The van der Waals surface area contributed by atoms with E-state index in [1.165, 1.54) is 73.5 Å². The number of esters is 1. The maximum Gasteiger partial charge on any atom is 0.511 e. The summed E-state index contributed by atoms with van der Waals surface area (Å²) in [5.41, 5.74) is -0.00260. The van der Waals surface area contributed by atoms with Gasteiger partial charge in [0.2, 0.25) is 6.29 Å². The van der Waals surface area contributed by atoms with E-state index in [9.17, 15) is 28.8 Å². The average molecular weight is 943 g/mol. The van der Waals surface area contributed by atoms with Gasteiger partial charge in [0.05, 0.1) is 25.8 Å². The Kier molecular flexibility index (Phi) is 15.4. The number of carbonyl (C=O) groups excluding carboxylic acids is 6. The van der Waals surface area contributed by atoms with Crippen molar-refractivity contribution in [2.45, 2.75) is 110 Å². The van der Waals surface area contributed by atoms with Gasteiger partial charge in [-0.25, -0.2) is 24.2 Å². The normalized spacial score (nSPS) is 18.6. The molecule has 2 aliphatic heterocycles. The molecule has 4 amide bonds. The highest BCUT2D eigenvalue weighted by Crippen LogP contribution is 2.38. The third kappa shape index (κ3) is 12.9. The molecule has 1 aliphatic carbocycles. The zero-order valence-electron chi connectivity index (χ0n) is 39.5. The fourth-order valence-corrected chi connectivity index (χ4v) is 7.38. The van der Waals surface area contributed by atoms with Gasteiger partial charge < -0.3 is 48.5 Å². The molecule has 2 aromatic carbocycles. The number of anilines is 1. The lowest BCUT2D eigenvalue weighted by Crippen LogP contribution is -2.47. The van der Waals surface area contributed by atoms with Gasteiger partial charge in [0.15, 0.2) is 11.5 Å². The highest BCUT2D eigenvalue weighted by molar-refractivity contribution is 6.11. The molecule has 3 fully saturated rings. The number of pyridine rings is 1. The number of nitrogens with one attached hydrogen (secondary N) is 4. The number of aromatic nitrogens is 1. The largest absolute Gasteiger partial charge is 0.511 e. The van der Waals surface area contributed by atoms with E-state index in [1.807, 2.05) is 0 Å². The summed E-state index contributed by atoms with van der Waals surface area (Å²) in [6.07, 6.45) is -2.18. The van der Waals surface area contributed by atoms with Crippen molar-refractivity contribution in [3.8, 4) is 16.9 Å². The molecule has 20 heteroatoms. The number of alkyl carbamates (subject to hydrolysis) is 1. The molecule has 0 bridgehead atoms. The maximum atomic E-state index is 14.2. The van der Waals surface area contributed by atoms with Gasteiger partial charge in [0, 0.05) is 47.0 Å². The van der Waals surface area contributed by atoms with Gasteiger partial charge in [0.25, 0.3) is 11.8 Å². The van der Waals surface area contributed by atoms with E-state index in [0.29, 0.717) is 18.0 Å². The minimum Gasteiger partial charge on any atom is -0.496 e.